The summed E-state index contributed by atoms with van der Waals surface area (Å²) in [6, 6.07) is 3.66. The molecular weight excluding hydrogens is 184 g/mol. The maximum absolute atomic E-state index is 11.5. The molecule has 1 aromatic rings. The summed E-state index contributed by atoms with van der Waals surface area (Å²) in [5.74, 6) is 0. The molecule has 0 saturated heterocycles. The minimum Gasteiger partial charge on any atom is -0.369 e. The second-order valence-corrected chi connectivity index (χ2v) is 4.04. The Morgan fingerprint density at radius 2 is 2.31 bits per heavy atom. The minimum absolute atomic E-state index is 0.0170. The Hall–Kier alpha value is -0.900. The summed E-state index contributed by atoms with van der Waals surface area (Å²) in [6.07, 6.45) is 3.75. The molecule has 72 valence electrons. The van der Waals surface area contributed by atoms with E-state index < -0.39 is 0 Å². The number of nitrogens with zero attached hydrogens (tertiary/aromatic N) is 1. The number of hydrogen-bond acceptors (Lipinski definition) is 3. The van der Waals surface area contributed by atoms with Gasteiger partial charge in [-0.05, 0) is 25.3 Å². The largest absolute Gasteiger partial charge is 0.369 e. The Labute approximate surface area is 82.2 Å². The molecule has 1 atom stereocenters. The van der Waals surface area contributed by atoms with Crippen molar-refractivity contribution in [2.24, 2.45) is 7.05 Å². The number of pyridine rings is 1. The maximum Gasteiger partial charge on any atom is 0.273 e. The average Bonchev–Trinajstić information content (AvgIpc) is 2.13. The average molecular weight is 198 g/mol. The van der Waals surface area contributed by atoms with Crippen LogP contribution in [0, 0.1) is 0 Å². The van der Waals surface area contributed by atoms with E-state index in [1.807, 2.05) is 19.2 Å². The van der Waals surface area contributed by atoms with Crippen molar-refractivity contribution in [1.29, 1.82) is 0 Å². The van der Waals surface area contributed by atoms with E-state index in [-0.39, 0.29) is 10.9 Å². The molecule has 4 heteroatoms. The minimum atomic E-state index is 0.0170. The molecule has 0 aliphatic rings. The zero-order valence-electron chi connectivity index (χ0n) is 8.07. The van der Waals surface area contributed by atoms with E-state index in [2.05, 4.69) is 5.32 Å². The lowest BCUT2D eigenvalue weighted by molar-refractivity contribution is 0.858. The first kappa shape index (κ1) is 10.2. The molecule has 1 heterocycles. The molecule has 1 unspecified atom stereocenters. The van der Waals surface area contributed by atoms with Crippen LogP contribution in [0.2, 0.25) is 0 Å². The van der Waals surface area contributed by atoms with Crippen LogP contribution in [0.3, 0.4) is 0 Å². The Balaban J connectivity index is 2.89. The number of anilines is 1. The van der Waals surface area contributed by atoms with E-state index in [1.54, 1.807) is 35.6 Å². The van der Waals surface area contributed by atoms with Crippen LogP contribution in [0.25, 0.3) is 0 Å². The number of nitrogens with one attached hydrogen (secondary N) is 1. The summed E-state index contributed by atoms with van der Waals surface area (Å²) in [5.41, 5.74) is 0.676. The number of rotatable bonds is 3. The third kappa shape index (κ3) is 2.52. The van der Waals surface area contributed by atoms with Gasteiger partial charge in [0.1, 0.15) is 5.69 Å². The van der Waals surface area contributed by atoms with Gasteiger partial charge in [-0.15, -0.1) is 11.8 Å². The zero-order valence-corrected chi connectivity index (χ0v) is 8.89. The number of thioether (sulfide) groups is 1. The topological polar surface area (TPSA) is 34.0 Å². The fraction of sp³-hybridized carbons (Fsp3) is 0.444. The SMILES string of the molecule is CSC(C)Nc1cccn(C)c1=O. The predicted octanol–water partition coefficient (Wildman–Crippen LogP) is 1.51. The molecule has 0 aliphatic carbocycles. The van der Waals surface area contributed by atoms with Gasteiger partial charge < -0.3 is 9.88 Å². The first-order valence-corrected chi connectivity index (χ1v) is 5.39. The van der Waals surface area contributed by atoms with Crippen molar-refractivity contribution < 1.29 is 0 Å². The summed E-state index contributed by atoms with van der Waals surface area (Å²) in [5, 5.41) is 3.39. The second kappa shape index (κ2) is 4.37. The monoisotopic (exact) mass is 198 g/mol. The van der Waals surface area contributed by atoms with E-state index in [9.17, 15) is 4.79 Å². The van der Waals surface area contributed by atoms with E-state index in [0.717, 1.165) is 0 Å². The molecule has 0 fully saturated rings. The lowest BCUT2D eigenvalue weighted by atomic mass is 10.4. The Morgan fingerprint density at radius 3 is 2.92 bits per heavy atom. The number of aryl methyl sites for hydroxylation is 1. The van der Waals surface area contributed by atoms with Gasteiger partial charge in [0, 0.05) is 13.2 Å². The van der Waals surface area contributed by atoms with E-state index >= 15 is 0 Å². The molecule has 0 radical (unpaired) electrons. The Bertz CT molecular complexity index is 335. The normalized spacial score (nSPS) is 12.5. The third-order valence-electron chi connectivity index (χ3n) is 1.84. The number of aromatic nitrogens is 1. The van der Waals surface area contributed by atoms with Gasteiger partial charge >= 0.3 is 0 Å². The highest BCUT2D eigenvalue weighted by Crippen LogP contribution is 2.08. The van der Waals surface area contributed by atoms with Gasteiger partial charge in [0.2, 0.25) is 0 Å². The molecule has 0 spiro atoms. The highest BCUT2D eigenvalue weighted by atomic mass is 32.2. The van der Waals surface area contributed by atoms with Gasteiger partial charge in [-0.2, -0.15) is 0 Å². The first-order valence-electron chi connectivity index (χ1n) is 4.10. The van der Waals surface area contributed by atoms with Crippen molar-refractivity contribution in [3.63, 3.8) is 0 Å². The van der Waals surface area contributed by atoms with Gasteiger partial charge in [0.25, 0.3) is 5.56 Å². The van der Waals surface area contributed by atoms with E-state index in [0.29, 0.717) is 5.69 Å². The van der Waals surface area contributed by atoms with E-state index in [1.165, 1.54) is 0 Å². The second-order valence-electron chi connectivity index (χ2n) is 2.86. The van der Waals surface area contributed by atoms with Crippen molar-refractivity contribution in [3.8, 4) is 0 Å². The highest BCUT2D eigenvalue weighted by molar-refractivity contribution is 7.99. The highest BCUT2D eigenvalue weighted by Gasteiger charge is 2.03. The smallest absolute Gasteiger partial charge is 0.273 e. The molecular formula is C9H14N2OS. The van der Waals surface area contributed by atoms with Crippen LogP contribution in [0.1, 0.15) is 6.92 Å². The fourth-order valence-corrected chi connectivity index (χ4v) is 1.23. The molecule has 0 aliphatic heterocycles. The van der Waals surface area contributed by atoms with Crippen molar-refractivity contribution >= 4 is 17.4 Å². The predicted molar refractivity (Wildman–Crippen MR) is 58.3 cm³/mol. The summed E-state index contributed by atoms with van der Waals surface area (Å²) in [7, 11) is 1.75. The Morgan fingerprint density at radius 1 is 1.62 bits per heavy atom. The van der Waals surface area contributed by atoms with Crippen LogP contribution < -0.4 is 10.9 Å². The molecule has 1 aromatic heterocycles. The Kier molecular flexibility index (Phi) is 3.42. The first-order chi connectivity index (χ1) is 6.15. The molecule has 0 aromatic carbocycles. The van der Waals surface area contributed by atoms with Crippen LogP contribution >= 0.6 is 11.8 Å². The van der Waals surface area contributed by atoms with Crippen LogP contribution in [0.5, 0.6) is 0 Å². The summed E-state index contributed by atoms with van der Waals surface area (Å²) < 4.78 is 1.56. The third-order valence-corrected chi connectivity index (χ3v) is 2.66. The van der Waals surface area contributed by atoms with Gasteiger partial charge in [-0.1, -0.05) is 0 Å². The van der Waals surface area contributed by atoms with Crippen molar-refractivity contribution in [1.82, 2.24) is 4.57 Å². The molecule has 0 saturated carbocycles. The number of hydrogen-bond donors (Lipinski definition) is 1. The maximum atomic E-state index is 11.5. The van der Waals surface area contributed by atoms with Crippen LogP contribution in [-0.4, -0.2) is 16.2 Å². The molecule has 1 rings (SSSR count). The van der Waals surface area contributed by atoms with E-state index in [4.69, 9.17) is 0 Å². The quantitative estimate of drug-likeness (QED) is 0.747. The lowest BCUT2D eigenvalue weighted by Gasteiger charge is -2.11. The molecule has 3 nitrogen and oxygen atoms in total. The van der Waals surface area contributed by atoms with Crippen LogP contribution in [-0.2, 0) is 7.05 Å². The molecule has 0 amide bonds. The molecule has 1 N–H and O–H groups in total. The van der Waals surface area contributed by atoms with Crippen molar-refractivity contribution in [2.75, 3.05) is 11.6 Å². The van der Waals surface area contributed by atoms with Crippen LogP contribution in [0.15, 0.2) is 23.1 Å². The standard InChI is InChI=1S/C9H14N2OS/c1-7(13-3)10-8-5-4-6-11(2)9(8)12/h4-7,10H,1-3H3. The van der Waals surface area contributed by atoms with Gasteiger partial charge in [-0.3, -0.25) is 4.79 Å². The summed E-state index contributed by atoms with van der Waals surface area (Å²) in [6.45, 7) is 2.02. The lowest BCUT2D eigenvalue weighted by Crippen LogP contribution is -2.23. The van der Waals surface area contributed by atoms with Gasteiger partial charge in [0.15, 0.2) is 0 Å². The zero-order chi connectivity index (χ0) is 9.84. The van der Waals surface area contributed by atoms with Gasteiger partial charge in [-0.25, -0.2) is 0 Å². The molecule has 0 bridgehead atoms. The summed E-state index contributed by atoms with van der Waals surface area (Å²) >= 11 is 1.67. The molecule has 13 heavy (non-hydrogen) atoms. The van der Waals surface area contributed by atoms with Crippen molar-refractivity contribution in [2.45, 2.75) is 12.3 Å². The summed E-state index contributed by atoms with van der Waals surface area (Å²) in [4.78, 5) is 11.5. The van der Waals surface area contributed by atoms with Crippen molar-refractivity contribution in [3.05, 3.63) is 28.7 Å². The fourth-order valence-electron chi connectivity index (χ4n) is 0.985. The van der Waals surface area contributed by atoms with Gasteiger partial charge in [0.05, 0.1) is 5.37 Å². The van der Waals surface area contributed by atoms with Crippen LogP contribution in [0.4, 0.5) is 5.69 Å².